The highest BCUT2D eigenvalue weighted by molar-refractivity contribution is 9.18. The van der Waals surface area contributed by atoms with E-state index in [4.69, 9.17) is 19.3 Å². The lowest BCUT2D eigenvalue weighted by Crippen LogP contribution is -2.27. The van der Waals surface area contributed by atoms with Crippen molar-refractivity contribution in [2.45, 2.75) is 38.4 Å². The third-order valence-corrected chi connectivity index (χ3v) is 4.16. The molecule has 1 aromatic heterocycles. The fraction of sp³-hybridized carbons (Fsp3) is 0.375. The number of rotatable bonds is 2. The van der Waals surface area contributed by atoms with Crippen molar-refractivity contribution in [3.05, 3.63) is 41.6 Å². The highest BCUT2D eigenvalue weighted by Crippen LogP contribution is 2.50. The van der Waals surface area contributed by atoms with Crippen molar-refractivity contribution in [1.29, 1.82) is 0 Å². The first-order valence-corrected chi connectivity index (χ1v) is 8.01. The number of para-hydroxylation sites is 1. The highest BCUT2D eigenvalue weighted by Gasteiger charge is 2.53. The molecule has 0 unspecified atom stereocenters. The van der Waals surface area contributed by atoms with Crippen LogP contribution in [0.1, 0.15) is 37.8 Å². The normalized spacial score (nSPS) is 26.5. The van der Waals surface area contributed by atoms with Gasteiger partial charge in [-0.3, -0.25) is 4.74 Å². The number of benzene rings is 1. The fourth-order valence-electron chi connectivity index (χ4n) is 2.83. The molecule has 0 saturated heterocycles. The Morgan fingerprint density at radius 3 is 2.91 bits per heavy atom. The summed E-state index contributed by atoms with van der Waals surface area (Å²) in [6.45, 7) is 3.95. The number of fused-ring (bicyclic) bond motifs is 3. The molecule has 0 N–H and O–H groups in total. The average Bonchev–Trinajstić information content (AvgIpc) is 2.99. The molecule has 3 heterocycles. The molecule has 0 radical (unpaired) electrons. The Morgan fingerprint density at radius 1 is 1.36 bits per heavy atom. The molecule has 2 aliphatic heterocycles. The lowest BCUT2D eigenvalue weighted by molar-refractivity contribution is -0.300. The van der Waals surface area contributed by atoms with Crippen LogP contribution in [0.25, 0.3) is 10.9 Å². The van der Waals surface area contributed by atoms with E-state index in [-0.39, 0.29) is 6.10 Å². The predicted octanol–water partition coefficient (Wildman–Crippen LogP) is 3.97. The van der Waals surface area contributed by atoms with Crippen molar-refractivity contribution in [2.24, 2.45) is 5.16 Å². The van der Waals surface area contributed by atoms with E-state index in [0.29, 0.717) is 11.0 Å². The molecule has 1 spiro atoms. The fourth-order valence-corrected chi connectivity index (χ4v) is 3.27. The zero-order valence-electron chi connectivity index (χ0n) is 12.2. The molecule has 1 aromatic carbocycles. The molecule has 2 atom stereocenters. The zero-order valence-corrected chi connectivity index (χ0v) is 13.8. The summed E-state index contributed by atoms with van der Waals surface area (Å²) >= 11 is 3.37. The summed E-state index contributed by atoms with van der Waals surface area (Å²) in [7, 11) is 0. The predicted molar refractivity (Wildman–Crippen MR) is 85.5 cm³/mol. The molecule has 2 aromatic rings. The van der Waals surface area contributed by atoms with Crippen molar-refractivity contribution in [3.63, 3.8) is 0 Å². The van der Waals surface area contributed by atoms with Crippen LogP contribution in [0.2, 0.25) is 0 Å². The van der Waals surface area contributed by atoms with Gasteiger partial charge in [0.15, 0.2) is 6.29 Å². The van der Waals surface area contributed by atoms with Gasteiger partial charge in [0.2, 0.25) is 0 Å². The molecular weight excluding hydrogens is 348 g/mol. The number of oxime groups is 1. The van der Waals surface area contributed by atoms with Crippen LogP contribution in [0.4, 0.5) is 0 Å². The molecule has 0 bridgehead atoms. The molecule has 6 heteroatoms. The van der Waals surface area contributed by atoms with E-state index in [0.717, 1.165) is 22.2 Å². The smallest absolute Gasteiger partial charge is 0.289 e. The summed E-state index contributed by atoms with van der Waals surface area (Å²) in [5.41, 5.74) is 2.56. The van der Waals surface area contributed by atoms with Crippen LogP contribution >= 0.6 is 15.9 Å². The standard InChI is InChI=1S/C16H15BrN2O3/c1-9(2)20-15-11-7-10-5-3-4-6-12(10)18-14(11)16(21-15)8-13(17)19-22-16/h3-7,9,15H,8H2,1-2H3/t15-,16+/m0/s1. The first-order valence-electron chi connectivity index (χ1n) is 7.21. The minimum atomic E-state index is -0.988. The van der Waals surface area contributed by atoms with Crippen LogP contribution < -0.4 is 0 Å². The first kappa shape index (κ1) is 14.1. The molecule has 0 amide bonds. The molecule has 22 heavy (non-hydrogen) atoms. The number of nitrogens with zero attached hydrogens (tertiary/aromatic N) is 2. The Bertz CT molecular complexity index is 777. The maximum Gasteiger partial charge on any atom is 0.289 e. The van der Waals surface area contributed by atoms with Crippen molar-refractivity contribution in [1.82, 2.24) is 4.98 Å². The second-order valence-electron chi connectivity index (χ2n) is 5.74. The number of halogens is 1. The molecule has 0 aliphatic carbocycles. The van der Waals surface area contributed by atoms with Crippen LogP contribution in [-0.4, -0.2) is 15.7 Å². The van der Waals surface area contributed by atoms with Gasteiger partial charge >= 0.3 is 0 Å². The van der Waals surface area contributed by atoms with Crippen molar-refractivity contribution >= 4 is 31.5 Å². The van der Waals surface area contributed by atoms with Gasteiger partial charge in [-0.25, -0.2) is 4.98 Å². The maximum atomic E-state index is 6.08. The first-order chi connectivity index (χ1) is 10.6. The van der Waals surface area contributed by atoms with Gasteiger partial charge in [-0.2, -0.15) is 0 Å². The minimum Gasteiger partial charge on any atom is -0.352 e. The Kier molecular flexibility index (Phi) is 3.21. The van der Waals surface area contributed by atoms with Gasteiger partial charge in [-0.05, 0) is 41.9 Å². The summed E-state index contributed by atoms with van der Waals surface area (Å²) in [4.78, 5) is 10.3. The molecule has 114 valence electrons. The summed E-state index contributed by atoms with van der Waals surface area (Å²) in [5, 5.41) is 5.03. The van der Waals surface area contributed by atoms with E-state index in [9.17, 15) is 0 Å². The molecule has 2 aliphatic rings. The number of hydrogen-bond donors (Lipinski definition) is 0. The SMILES string of the molecule is CC(C)O[C@H]1O[C@@]2(CC(Br)=NO2)c2nc3ccccc3cc21. The Balaban J connectivity index is 1.87. The van der Waals surface area contributed by atoms with E-state index in [1.807, 2.05) is 38.1 Å². The molecule has 0 saturated carbocycles. The van der Waals surface area contributed by atoms with Gasteiger partial charge in [0.25, 0.3) is 5.79 Å². The van der Waals surface area contributed by atoms with E-state index in [2.05, 4.69) is 27.2 Å². The second-order valence-corrected chi connectivity index (χ2v) is 6.66. The average molecular weight is 363 g/mol. The number of hydrogen-bond acceptors (Lipinski definition) is 5. The molecule has 5 nitrogen and oxygen atoms in total. The van der Waals surface area contributed by atoms with Crippen LogP contribution in [0.15, 0.2) is 35.5 Å². The second kappa shape index (κ2) is 5.01. The lowest BCUT2D eigenvalue weighted by Gasteiger charge is -2.22. The van der Waals surface area contributed by atoms with Crippen LogP contribution in [0, 0.1) is 0 Å². The molecule has 4 rings (SSSR count). The quantitative estimate of drug-likeness (QED) is 0.810. The number of aromatic nitrogens is 1. The molecular formula is C16H15BrN2O3. The van der Waals surface area contributed by atoms with Gasteiger partial charge in [0, 0.05) is 10.9 Å². The van der Waals surface area contributed by atoms with Crippen molar-refractivity contribution in [2.75, 3.05) is 0 Å². The molecule has 0 fully saturated rings. The minimum absolute atomic E-state index is 0.0326. The maximum absolute atomic E-state index is 6.08. The monoisotopic (exact) mass is 362 g/mol. The summed E-state index contributed by atoms with van der Waals surface area (Å²) < 4.78 is 12.7. The van der Waals surface area contributed by atoms with E-state index in [1.165, 1.54) is 0 Å². The Hall–Kier alpha value is -1.50. The largest absolute Gasteiger partial charge is 0.352 e. The number of pyridine rings is 1. The van der Waals surface area contributed by atoms with Gasteiger partial charge in [0.05, 0.1) is 18.0 Å². The summed E-state index contributed by atoms with van der Waals surface area (Å²) in [6, 6.07) is 10.0. The zero-order chi connectivity index (χ0) is 15.3. The van der Waals surface area contributed by atoms with Crippen molar-refractivity contribution < 1.29 is 14.3 Å². The topological polar surface area (TPSA) is 52.9 Å². The van der Waals surface area contributed by atoms with E-state index in [1.54, 1.807) is 0 Å². The van der Waals surface area contributed by atoms with Crippen molar-refractivity contribution in [3.8, 4) is 0 Å². The van der Waals surface area contributed by atoms with Gasteiger partial charge in [-0.15, -0.1) is 0 Å². The van der Waals surface area contributed by atoms with Gasteiger partial charge < -0.3 is 9.57 Å². The van der Waals surface area contributed by atoms with Gasteiger partial charge in [0.1, 0.15) is 10.3 Å². The van der Waals surface area contributed by atoms with E-state index >= 15 is 0 Å². The third-order valence-electron chi connectivity index (χ3n) is 3.73. The Labute approximate surface area is 136 Å². The van der Waals surface area contributed by atoms with Gasteiger partial charge in [-0.1, -0.05) is 23.4 Å². The third kappa shape index (κ3) is 2.14. The lowest BCUT2D eigenvalue weighted by atomic mass is 10.0. The number of ether oxygens (including phenoxy) is 2. The van der Waals surface area contributed by atoms with Crippen LogP contribution in [0.3, 0.4) is 0 Å². The Morgan fingerprint density at radius 2 is 2.18 bits per heavy atom. The highest BCUT2D eigenvalue weighted by atomic mass is 79.9. The summed E-state index contributed by atoms with van der Waals surface area (Å²) in [5.74, 6) is -0.988. The van der Waals surface area contributed by atoms with Crippen LogP contribution in [-0.2, 0) is 20.1 Å². The van der Waals surface area contributed by atoms with Crippen LogP contribution in [0.5, 0.6) is 0 Å². The summed E-state index contributed by atoms with van der Waals surface area (Å²) in [6.07, 6.45) is 0.0227. The van der Waals surface area contributed by atoms with E-state index < -0.39 is 12.1 Å².